The fraction of sp³-hybridized carbons (Fsp3) is 0.500. The van der Waals surface area contributed by atoms with Crippen LogP contribution in [0.5, 0.6) is 5.75 Å². The predicted molar refractivity (Wildman–Crippen MR) is 109 cm³/mol. The van der Waals surface area contributed by atoms with Crippen LogP contribution in [0.2, 0.25) is 0 Å². The van der Waals surface area contributed by atoms with Crippen LogP contribution in [-0.2, 0) is 4.74 Å². The highest BCUT2D eigenvalue weighted by Gasteiger charge is 2.34. The van der Waals surface area contributed by atoms with Crippen LogP contribution < -0.4 is 4.74 Å². The van der Waals surface area contributed by atoms with E-state index in [9.17, 15) is 8.78 Å². The molecular formula is C24H30F2O2. The average Bonchev–Trinajstić information content (AvgIpc) is 2.73. The van der Waals surface area contributed by atoms with Gasteiger partial charge in [0.2, 0.25) is 5.82 Å². The van der Waals surface area contributed by atoms with E-state index < -0.39 is 11.6 Å². The Kier molecular flexibility index (Phi) is 6.71. The molecular weight excluding hydrogens is 358 g/mol. The molecule has 0 aliphatic heterocycles. The molecule has 0 bridgehead atoms. The summed E-state index contributed by atoms with van der Waals surface area (Å²) in [5.41, 5.74) is 2.24. The van der Waals surface area contributed by atoms with E-state index >= 15 is 0 Å². The normalized spacial score (nSPS) is 22.2. The lowest BCUT2D eigenvalue weighted by Crippen LogP contribution is -2.35. The van der Waals surface area contributed by atoms with Crippen molar-refractivity contribution in [2.24, 2.45) is 0 Å². The first-order chi connectivity index (χ1) is 13.5. The molecule has 1 saturated carbocycles. The zero-order valence-electron chi connectivity index (χ0n) is 17.1. The standard InChI is InChI=1S/C24H30F2O2/c1-4-14-24(27-3)15-12-18(13-16-24)17-6-8-19(9-7-17)20-10-11-21(28-5-2)23(26)22(20)25/h6-11,18H,4-5,12-16H2,1-3H3. The highest BCUT2D eigenvalue weighted by atomic mass is 19.2. The lowest BCUT2D eigenvalue weighted by Gasteiger charge is -2.39. The second kappa shape index (κ2) is 9.04. The van der Waals surface area contributed by atoms with E-state index in [1.54, 1.807) is 13.0 Å². The Morgan fingerprint density at radius 3 is 2.21 bits per heavy atom. The molecule has 3 rings (SSSR count). The average molecular weight is 388 g/mol. The molecule has 28 heavy (non-hydrogen) atoms. The highest BCUT2D eigenvalue weighted by Crippen LogP contribution is 2.42. The summed E-state index contributed by atoms with van der Waals surface area (Å²) in [5, 5.41) is 0. The highest BCUT2D eigenvalue weighted by molar-refractivity contribution is 5.65. The van der Waals surface area contributed by atoms with Crippen LogP contribution in [0.15, 0.2) is 36.4 Å². The van der Waals surface area contributed by atoms with Crippen molar-refractivity contribution in [2.75, 3.05) is 13.7 Å². The molecule has 0 aromatic heterocycles. The third-order valence-electron chi connectivity index (χ3n) is 6.08. The Morgan fingerprint density at radius 1 is 0.964 bits per heavy atom. The van der Waals surface area contributed by atoms with Gasteiger partial charge in [0, 0.05) is 12.7 Å². The third-order valence-corrected chi connectivity index (χ3v) is 6.08. The Balaban J connectivity index is 1.74. The Morgan fingerprint density at radius 2 is 1.64 bits per heavy atom. The molecule has 0 atom stereocenters. The molecule has 2 nitrogen and oxygen atoms in total. The summed E-state index contributed by atoms with van der Waals surface area (Å²) < 4.78 is 39.6. The number of methoxy groups -OCH3 is 1. The van der Waals surface area contributed by atoms with Gasteiger partial charge in [-0.1, -0.05) is 37.6 Å². The van der Waals surface area contributed by atoms with Crippen LogP contribution in [0.4, 0.5) is 8.78 Å². The summed E-state index contributed by atoms with van der Waals surface area (Å²) in [4.78, 5) is 0. The second-order valence-electron chi connectivity index (χ2n) is 7.71. The molecule has 2 aromatic rings. The fourth-order valence-electron chi connectivity index (χ4n) is 4.45. The zero-order valence-corrected chi connectivity index (χ0v) is 17.1. The predicted octanol–water partition coefficient (Wildman–Crippen LogP) is 6.87. The van der Waals surface area contributed by atoms with Crippen molar-refractivity contribution < 1.29 is 18.3 Å². The van der Waals surface area contributed by atoms with Gasteiger partial charge in [-0.3, -0.25) is 0 Å². The first-order valence-electron chi connectivity index (χ1n) is 10.3. The molecule has 0 radical (unpaired) electrons. The molecule has 4 heteroatoms. The topological polar surface area (TPSA) is 18.5 Å². The maximum Gasteiger partial charge on any atom is 0.201 e. The molecule has 1 aliphatic carbocycles. The van der Waals surface area contributed by atoms with E-state index in [0.717, 1.165) is 38.5 Å². The van der Waals surface area contributed by atoms with Crippen LogP contribution in [0.25, 0.3) is 11.1 Å². The van der Waals surface area contributed by atoms with Gasteiger partial charge < -0.3 is 9.47 Å². The number of halogens is 2. The monoisotopic (exact) mass is 388 g/mol. The molecule has 0 N–H and O–H groups in total. The Hall–Kier alpha value is -1.94. The lowest BCUT2D eigenvalue weighted by molar-refractivity contribution is -0.0494. The molecule has 0 heterocycles. The van der Waals surface area contributed by atoms with Gasteiger partial charge in [0.25, 0.3) is 0 Å². The molecule has 0 amide bonds. The van der Waals surface area contributed by atoms with Crippen LogP contribution in [0, 0.1) is 11.6 Å². The summed E-state index contributed by atoms with van der Waals surface area (Å²) in [7, 11) is 1.83. The Bertz CT molecular complexity index is 778. The molecule has 1 aliphatic rings. The van der Waals surface area contributed by atoms with E-state index in [1.807, 2.05) is 31.4 Å². The number of hydrogen-bond donors (Lipinski definition) is 0. The number of ether oxygens (including phenoxy) is 2. The zero-order chi connectivity index (χ0) is 20.1. The van der Waals surface area contributed by atoms with E-state index in [2.05, 4.69) is 6.92 Å². The van der Waals surface area contributed by atoms with Crippen molar-refractivity contribution in [1.82, 2.24) is 0 Å². The van der Waals surface area contributed by atoms with Crippen LogP contribution in [0.3, 0.4) is 0 Å². The van der Waals surface area contributed by atoms with Crippen molar-refractivity contribution >= 4 is 0 Å². The van der Waals surface area contributed by atoms with Crippen LogP contribution in [-0.4, -0.2) is 19.3 Å². The molecule has 0 saturated heterocycles. The van der Waals surface area contributed by atoms with E-state index in [4.69, 9.17) is 9.47 Å². The molecule has 152 valence electrons. The summed E-state index contributed by atoms with van der Waals surface area (Å²) in [6, 6.07) is 10.9. The summed E-state index contributed by atoms with van der Waals surface area (Å²) in [6.45, 7) is 4.25. The van der Waals surface area contributed by atoms with Crippen molar-refractivity contribution in [3.8, 4) is 16.9 Å². The van der Waals surface area contributed by atoms with Crippen LogP contribution in [0.1, 0.15) is 63.9 Å². The van der Waals surface area contributed by atoms with Crippen molar-refractivity contribution in [1.29, 1.82) is 0 Å². The molecule has 0 spiro atoms. The van der Waals surface area contributed by atoms with E-state index in [-0.39, 0.29) is 16.9 Å². The van der Waals surface area contributed by atoms with Gasteiger partial charge in [-0.2, -0.15) is 4.39 Å². The summed E-state index contributed by atoms with van der Waals surface area (Å²) in [5.74, 6) is -1.34. The van der Waals surface area contributed by atoms with Crippen molar-refractivity contribution in [3.63, 3.8) is 0 Å². The largest absolute Gasteiger partial charge is 0.491 e. The SMILES string of the molecule is CCCC1(OC)CCC(c2ccc(-c3ccc(OCC)c(F)c3F)cc2)CC1. The third kappa shape index (κ3) is 4.22. The smallest absolute Gasteiger partial charge is 0.201 e. The minimum atomic E-state index is -0.928. The molecule has 2 aromatic carbocycles. The Labute approximate surface area is 166 Å². The number of rotatable bonds is 7. The number of hydrogen-bond acceptors (Lipinski definition) is 2. The maximum atomic E-state index is 14.5. The van der Waals surface area contributed by atoms with Crippen molar-refractivity contribution in [3.05, 3.63) is 53.6 Å². The minimum Gasteiger partial charge on any atom is -0.491 e. The molecule has 1 fully saturated rings. The van der Waals surface area contributed by atoms with Gasteiger partial charge in [-0.25, -0.2) is 4.39 Å². The van der Waals surface area contributed by atoms with Crippen LogP contribution >= 0.6 is 0 Å². The van der Waals surface area contributed by atoms with Gasteiger partial charge in [-0.05, 0) is 68.2 Å². The first kappa shape index (κ1) is 20.8. The summed E-state index contributed by atoms with van der Waals surface area (Å²) in [6.07, 6.45) is 6.58. The molecule has 0 unspecified atom stereocenters. The minimum absolute atomic E-state index is 0.0359. The van der Waals surface area contributed by atoms with Gasteiger partial charge in [0.1, 0.15) is 0 Å². The number of benzene rings is 2. The van der Waals surface area contributed by atoms with Gasteiger partial charge in [0.15, 0.2) is 11.6 Å². The quantitative estimate of drug-likeness (QED) is 0.515. The summed E-state index contributed by atoms with van der Waals surface area (Å²) >= 11 is 0. The van der Waals surface area contributed by atoms with Gasteiger partial charge in [0.05, 0.1) is 12.2 Å². The van der Waals surface area contributed by atoms with E-state index in [0.29, 0.717) is 18.1 Å². The van der Waals surface area contributed by atoms with Gasteiger partial charge >= 0.3 is 0 Å². The van der Waals surface area contributed by atoms with Crippen molar-refractivity contribution in [2.45, 2.75) is 63.9 Å². The van der Waals surface area contributed by atoms with E-state index in [1.165, 1.54) is 11.6 Å². The first-order valence-corrected chi connectivity index (χ1v) is 10.3. The second-order valence-corrected chi connectivity index (χ2v) is 7.71. The fourth-order valence-corrected chi connectivity index (χ4v) is 4.45. The maximum absolute atomic E-state index is 14.5. The lowest BCUT2D eigenvalue weighted by atomic mass is 9.74. The van der Waals surface area contributed by atoms with Gasteiger partial charge in [-0.15, -0.1) is 0 Å².